The normalized spacial score (nSPS) is 11.2. The topological polar surface area (TPSA) is 47.9 Å². The highest BCUT2D eigenvalue weighted by atomic mass is 19.4. The molecule has 1 aromatic rings. The summed E-state index contributed by atoms with van der Waals surface area (Å²) < 4.78 is 38.8. The summed E-state index contributed by atoms with van der Waals surface area (Å²) in [6, 6.07) is 7.69. The van der Waals surface area contributed by atoms with Gasteiger partial charge in [-0.1, -0.05) is 18.2 Å². The molecular weight excluding hydrogens is 216 g/mol. The van der Waals surface area contributed by atoms with Gasteiger partial charge >= 0.3 is 13.7 Å². The van der Waals surface area contributed by atoms with Crippen molar-refractivity contribution >= 4 is 7.32 Å². The Balaban J connectivity index is 2.34. The van der Waals surface area contributed by atoms with Gasteiger partial charge in [-0.25, -0.2) is 4.81 Å². The van der Waals surface area contributed by atoms with Gasteiger partial charge in [0.15, 0.2) is 0 Å². The molecule has 0 heterocycles. The van der Waals surface area contributed by atoms with Crippen LogP contribution in [0.5, 0.6) is 5.75 Å². The second kappa shape index (κ2) is 5.01. The van der Waals surface area contributed by atoms with E-state index in [-0.39, 0.29) is 5.75 Å². The molecule has 0 aliphatic heterocycles. The molecule has 0 aliphatic carbocycles. The predicted molar refractivity (Wildman–Crippen MR) is 43.3 cm³/mol. The zero-order valence-electron chi connectivity index (χ0n) is 7.27. The van der Waals surface area contributed by atoms with Crippen LogP contribution in [0.4, 0.5) is 13.2 Å². The Bertz CT molecular complexity index is 292. The largest absolute Gasteiger partial charge is 0.739 e. The molecular formula is C7H6BF3O4. The number of alkyl halides is 3. The Morgan fingerprint density at radius 1 is 1.13 bits per heavy atom. The summed E-state index contributed by atoms with van der Waals surface area (Å²) in [7, 11) is -2.14. The van der Waals surface area contributed by atoms with E-state index < -0.39 is 13.7 Å². The maximum absolute atomic E-state index is 11.4. The van der Waals surface area contributed by atoms with E-state index in [1.165, 1.54) is 12.1 Å². The number of rotatable bonds is 4. The zero-order chi connectivity index (χ0) is 11.3. The third-order valence-electron chi connectivity index (χ3n) is 1.21. The van der Waals surface area contributed by atoms with Crippen LogP contribution in [-0.2, 0) is 9.69 Å². The molecule has 0 fully saturated rings. The average molecular weight is 222 g/mol. The molecule has 0 amide bonds. The Kier molecular flexibility index (Phi) is 3.95. The van der Waals surface area contributed by atoms with Crippen LogP contribution in [0.25, 0.3) is 0 Å². The van der Waals surface area contributed by atoms with Gasteiger partial charge in [0.2, 0.25) is 0 Å². The minimum Gasteiger partial charge on any atom is -0.511 e. The van der Waals surface area contributed by atoms with Crippen molar-refractivity contribution in [1.29, 1.82) is 0 Å². The maximum Gasteiger partial charge on any atom is 0.739 e. The van der Waals surface area contributed by atoms with E-state index in [0.717, 1.165) is 0 Å². The summed E-state index contributed by atoms with van der Waals surface area (Å²) in [4.78, 5) is 6.41. The second-order valence-corrected chi connectivity index (χ2v) is 2.36. The molecule has 1 N–H and O–H groups in total. The number of benzene rings is 1. The zero-order valence-corrected chi connectivity index (χ0v) is 7.27. The molecule has 0 atom stereocenters. The van der Waals surface area contributed by atoms with Crippen LogP contribution >= 0.6 is 0 Å². The number of para-hydroxylation sites is 1. The fourth-order valence-electron chi connectivity index (χ4n) is 0.731. The lowest BCUT2D eigenvalue weighted by Crippen LogP contribution is -2.29. The van der Waals surface area contributed by atoms with E-state index in [1.54, 1.807) is 18.2 Å². The molecule has 0 aliphatic rings. The van der Waals surface area contributed by atoms with E-state index in [2.05, 4.69) is 14.3 Å². The lowest BCUT2D eigenvalue weighted by Gasteiger charge is -2.09. The van der Waals surface area contributed by atoms with Crippen LogP contribution in [0.2, 0.25) is 0 Å². The lowest BCUT2D eigenvalue weighted by atomic mass is 10.2. The van der Waals surface area contributed by atoms with Crippen molar-refractivity contribution < 1.29 is 32.5 Å². The fraction of sp³-hybridized carbons (Fsp3) is 0.143. The van der Waals surface area contributed by atoms with Gasteiger partial charge in [0.05, 0.1) is 0 Å². The highest BCUT2D eigenvalue weighted by molar-refractivity contribution is 6.35. The molecule has 4 nitrogen and oxygen atoms in total. The molecule has 0 aromatic heterocycles. The van der Waals surface area contributed by atoms with Crippen LogP contribution in [0.3, 0.4) is 0 Å². The molecule has 0 spiro atoms. The summed E-state index contributed by atoms with van der Waals surface area (Å²) in [6.45, 7) is 0. The molecule has 82 valence electrons. The quantitative estimate of drug-likeness (QED) is 0.476. The van der Waals surface area contributed by atoms with Gasteiger partial charge in [-0.2, -0.15) is 0 Å². The first-order valence-corrected chi connectivity index (χ1v) is 3.78. The number of halogens is 3. The van der Waals surface area contributed by atoms with Gasteiger partial charge in [-0.05, 0) is 12.1 Å². The number of hydrogen-bond acceptors (Lipinski definition) is 4. The lowest BCUT2D eigenvalue weighted by molar-refractivity contribution is -0.455. The molecule has 0 saturated heterocycles. The summed E-state index contributed by atoms with van der Waals surface area (Å²) in [5.74, 6) is 0.149. The second-order valence-electron chi connectivity index (χ2n) is 2.36. The Hall–Kier alpha value is -1.25. The van der Waals surface area contributed by atoms with Gasteiger partial charge in [-0.15, -0.1) is 18.1 Å². The Morgan fingerprint density at radius 2 is 1.73 bits per heavy atom. The van der Waals surface area contributed by atoms with E-state index in [9.17, 15) is 13.2 Å². The molecule has 0 saturated carbocycles. The van der Waals surface area contributed by atoms with Crippen LogP contribution in [0.1, 0.15) is 0 Å². The van der Waals surface area contributed by atoms with Crippen LogP contribution in [0, 0.1) is 0 Å². The molecule has 15 heavy (non-hydrogen) atoms. The highest BCUT2D eigenvalue weighted by Gasteiger charge is 2.35. The van der Waals surface area contributed by atoms with Gasteiger partial charge in [0.25, 0.3) is 0 Å². The third-order valence-corrected chi connectivity index (χ3v) is 1.21. The molecule has 0 bridgehead atoms. The molecule has 8 heteroatoms. The molecule has 1 rings (SSSR count). The average Bonchev–Trinajstić information content (AvgIpc) is 2.15. The van der Waals surface area contributed by atoms with E-state index in [4.69, 9.17) is 5.02 Å². The molecule has 0 unspecified atom stereocenters. The summed E-state index contributed by atoms with van der Waals surface area (Å²) in [5.41, 5.74) is 0. The van der Waals surface area contributed by atoms with Gasteiger partial charge in [0, 0.05) is 0 Å². The minimum absolute atomic E-state index is 0.149. The predicted octanol–water partition coefficient (Wildman–Crippen LogP) is 1.51. The number of hydrogen-bond donors (Lipinski definition) is 1. The van der Waals surface area contributed by atoms with Crippen molar-refractivity contribution in [3.63, 3.8) is 0 Å². The van der Waals surface area contributed by atoms with Crippen LogP contribution in [0.15, 0.2) is 30.3 Å². The van der Waals surface area contributed by atoms with Crippen molar-refractivity contribution in [3.05, 3.63) is 30.3 Å². The summed E-state index contributed by atoms with van der Waals surface area (Å²) >= 11 is 0. The Labute approximate surface area is 83.3 Å². The molecule has 1 aromatic carbocycles. The first-order chi connectivity index (χ1) is 6.97. The summed E-state index contributed by atoms with van der Waals surface area (Å²) in [6.07, 6.45) is -4.99. The summed E-state index contributed by atoms with van der Waals surface area (Å²) in [5, 5.41) is 8.80. The van der Waals surface area contributed by atoms with E-state index >= 15 is 0 Å². The van der Waals surface area contributed by atoms with Crippen molar-refractivity contribution in [2.45, 2.75) is 6.36 Å². The minimum atomic E-state index is -4.99. The maximum atomic E-state index is 11.4. The standard InChI is InChI=1S/C7H6BF3O4/c9-7(10,11)14-15-8(12)13-6-4-2-1-3-5-6/h1-5,12H. The first kappa shape index (κ1) is 11.8. The Morgan fingerprint density at radius 3 is 2.27 bits per heavy atom. The SMILES string of the molecule is OB(OOC(F)(F)F)Oc1ccccc1. The van der Waals surface area contributed by atoms with Crippen LogP contribution in [-0.4, -0.2) is 18.7 Å². The first-order valence-electron chi connectivity index (χ1n) is 3.78. The van der Waals surface area contributed by atoms with Crippen molar-refractivity contribution in [3.8, 4) is 5.75 Å². The van der Waals surface area contributed by atoms with Crippen LogP contribution < -0.4 is 4.65 Å². The van der Waals surface area contributed by atoms with E-state index in [1.807, 2.05) is 0 Å². The third kappa shape index (κ3) is 5.26. The van der Waals surface area contributed by atoms with Gasteiger partial charge in [-0.3, -0.25) is 0 Å². The highest BCUT2D eigenvalue weighted by Crippen LogP contribution is 2.17. The van der Waals surface area contributed by atoms with E-state index in [0.29, 0.717) is 0 Å². The smallest absolute Gasteiger partial charge is 0.511 e. The fourth-order valence-corrected chi connectivity index (χ4v) is 0.731. The van der Waals surface area contributed by atoms with Crippen molar-refractivity contribution in [2.24, 2.45) is 0 Å². The molecule has 0 radical (unpaired) electrons. The monoisotopic (exact) mass is 222 g/mol. The van der Waals surface area contributed by atoms with Crippen molar-refractivity contribution in [2.75, 3.05) is 0 Å². The van der Waals surface area contributed by atoms with Gasteiger partial charge < -0.3 is 9.68 Å². The van der Waals surface area contributed by atoms with Crippen molar-refractivity contribution in [1.82, 2.24) is 0 Å². The van der Waals surface area contributed by atoms with Gasteiger partial charge in [0.1, 0.15) is 5.75 Å².